The molecule has 2 unspecified atom stereocenters. The molecule has 27 heavy (non-hydrogen) atoms. The summed E-state index contributed by atoms with van der Waals surface area (Å²) in [4.78, 5) is 28.3. The van der Waals surface area contributed by atoms with Crippen molar-refractivity contribution >= 4 is 11.9 Å². The van der Waals surface area contributed by atoms with Gasteiger partial charge in [-0.1, -0.05) is 58.4 Å². The van der Waals surface area contributed by atoms with Gasteiger partial charge in [-0.3, -0.25) is 9.69 Å². The minimum atomic E-state index is -0.642. The van der Waals surface area contributed by atoms with E-state index in [1.807, 2.05) is 18.7 Å². The van der Waals surface area contributed by atoms with E-state index in [-0.39, 0.29) is 11.8 Å². The fourth-order valence-electron chi connectivity index (χ4n) is 3.43. The number of nitrogens with two attached hydrogens (primary N) is 1. The van der Waals surface area contributed by atoms with Crippen LogP contribution < -0.4 is 11.1 Å². The Kier molecular flexibility index (Phi) is 7.66. The van der Waals surface area contributed by atoms with Crippen LogP contribution in [0.1, 0.15) is 51.2 Å². The van der Waals surface area contributed by atoms with Gasteiger partial charge in [0, 0.05) is 32.7 Å². The Hall–Kier alpha value is -2.08. The average Bonchev–Trinajstić information content (AvgIpc) is 2.66. The van der Waals surface area contributed by atoms with E-state index >= 15 is 0 Å². The smallest absolute Gasteiger partial charge is 0.312 e. The first-order chi connectivity index (χ1) is 12.8. The summed E-state index contributed by atoms with van der Waals surface area (Å²) < 4.78 is 0. The van der Waals surface area contributed by atoms with Crippen molar-refractivity contribution in [3.05, 3.63) is 35.4 Å². The van der Waals surface area contributed by atoms with E-state index in [9.17, 15) is 9.59 Å². The molecule has 1 aliphatic heterocycles. The van der Waals surface area contributed by atoms with Gasteiger partial charge in [0.2, 0.25) is 5.91 Å². The van der Waals surface area contributed by atoms with Crippen molar-refractivity contribution in [2.75, 3.05) is 26.2 Å². The first kappa shape index (κ1) is 21.2. The predicted octanol–water partition coefficient (Wildman–Crippen LogP) is 2.54. The van der Waals surface area contributed by atoms with E-state index in [0.717, 1.165) is 26.1 Å². The highest BCUT2D eigenvalue weighted by atomic mass is 16.2. The van der Waals surface area contributed by atoms with Gasteiger partial charge >= 0.3 is 6.03 Å². The van der Waals surface area contributed by atoms with Crippen molar-refractivity contribution < 1.29 is 9.59 Å². The number of carbonyl (C=O) groups is 2. The van der Waals surface area contributed by atoms with Crippen LogP contribution in [0.4, 0.5) is 4.79 Å². The van der Waals surface area contributed by atoms with Gasteiger partial charge in [0.25, 0.3) is 0 Å². The third-order valence-corrected chi connectivity index (χ3v) is 5.51. The summed E-state index contributed by atoms with van der Waals surface area (Å²) in [5.74, 6) is 0.577. The molecule has 0 bridgehead atoms. The second-order valence-corrected chi connectivity index (χ2v) is 7.87. The van der Waals surface area contributed by atoms with Gasteiger partial charge in [0.05, 0.1) is 0 Å². The summed E-state index contributed by atoms with van der Waals surface area (Å²) >= 11 is 0. The highest BCUT2D eigenvalue weighted by Gasteiger charge is 2.31. The van der Waals surface area contributed by atoms with Crippen molar-refractivity contribution in [1.29, 1.82) is 0 Å². The fraction of sp³-hybridized carbons (Fsp3) is 0.619. The van der Waals surface area contributed by atoms with Crippen LogP contribution in [0.3, 0.4) is 0 Å². The van der Waals surface area contributed by atoms with Gasteiger partial charge < -0.3 is 16.0 Å². The largest absolute Gasteiger partial charge is 0.352 e. The molecule has 0 radical (unpaired) electrons. The number of rotatable bonds is 7. The number of hydrogen-bond acceptors (Lipinski definition) is 3. The van der Waals surface area contributed by atoms with Crippen LogP contribution in [-0.4, -0.2) is 54.0 Å². The van der Waals surface area contributed by atoms with Crippen LogP contribution in [-0.2, 0) is 11.3 Å². The Bertz CT molecular complexity index is 622. The van der Waals surface area contributed by atoms with E-state index in [1.165, 1.54) is 11.1 Å². The number of nitrogens with zero attached hydrogens (tertiary/aromatic N) is 2. The molecule has 2 rings (SSSR count). The topological polar surface area (TPSA) is 78.7 Å². The molecule has 1 aromatic rings. The Labute approximate surface area is 163 Å². The summed E-state index contributed by atoms with van der Waals surface area (Å²) in [6, 6.07) is 7.61. The van der Waals surface area contributed by atoms with E-state index in [4.69, 9.17) is 5.73 Å². The van der Waals surface area contributed by atoms with Crippen molar-refractivity contribution in [2.24, 2.45) is 11.7 Å². The number of piperazine rings is 1. The lowest BCUT2D eigenvalue weighted by Crippen LogP contribution is -2.57. The van der Waals surface area contributed by atoms with Crippen LogP contribution in [0.2, 0.25) is 0 Å². The normalized spacial score (nSPS) is 17.6. The van der Waals surface area contributed by atoms with E-state index in [0.29, 0.717) is 19.0 Å². The molecule has 150 valence electrons. The van der Waals surface area contributed by atoms with Crippen molar-refractivity contribution in [1.82, 2.24) is 15.1 Å². The summed E-state index contributed by atoms with van der Waals surface area (Å²) in [5, 5.41) is 2.63. The molecule has 0 aliphatic carbocycles. The minimum Gasteiger partial charge on any atom is -0.352 e. The zero-order chi connectivity index (χ0) is 20.0. The summed E-state index contributed by atoms with van der Waals surface area (Å²) in [5.41, 5.74) is 7.91. The molecule has 1 saturated heterocycles. The van der Waals surface area contributed by atoms with E-state index in [2.05, 4.69) is 48.3 Å². The number of amides is 3. The van der Waals surface area contributed by atoms with Gasteiger partial charge in [-0.2, -0.15) is 0 Å². The lowest BCUT2D eigenvalue weighted by Gasteiger charge is -2.37. The van der Waals surface area contributed by atoms with Gasteiger partial charge in [-0.25, -0.2) is 4.79 Å². The van der Waals surface area contributed by atoms with E-state index < -0.39 is 12.1 Å². The molecule has 3 amide bonds. The molecule has 1 fully saturated rings. The second kappa shape index (κ2) is 9.74. The zero-order valence-corrected chi connectivity index (χ0v) is 17.1. The first-order valence-electron chi connectivity index (χ1n) is 9.97. The summed E-state index contributed by atoms with van der Waals surface area (Å²) in [7, 11) is 0. The molecular weight excluding hydrogens is 340 g/mol. The fourth-order valence-corrected chi connectivity index (χ4v) is 3.43. The Morgan fingerprint density at radius 2 is 1.67 bits per heavy atom. The predicted molar refractivity (Wildman–Crippen MR) is 108 cm³/mol. The minimum absolute atomic E-state index is 0.0240. The quantitative estimate of drug-likeness (QED) is 0.770. The molecule has 0 aromatic heterocycles. The first-order valence-corrected chi connectivity index (χ1v) is 9.97. The van der Waals surface area contributed by atoms with Gasteiger partial charge in [-0.15, -0.1) is 0 Å². The van der Waals surface area contributed by atoms with Gasteiger partial charge in [0.1, 0.15) is 6.04 Å². The third kappa shape index (κ3) is 5.96. The van der Waals surface area contributed by atoms with Gasteiger partial charge in [0.15, 0.2) is 0 Å². The highest BCUT2D eigenvalue weighted by molar-refractivity contribution is 5.87. The maximum absolute atomic E-state index is 12.8. The van der Waals surface area contributed by atoms with Gasteiger partial charge in [-0.05, 0) is 23.0 Å². The van der Waals surface area contributed by atoms with Crippen LogP contribution in [0, 0.1) is 5.92 Å². The number of benzene rings is 1. The number of hydrogen-bond donors (Lipinski definition) is 2. The number of primary amides is 1. The highest BCUT2D eigenvalue weighted by Crippen LogP contribution is 2.17. The van der Waals surface area contributed by atoms with Crippen molar-refractivity contribution in [3.8, 4) is 0 Å². The van der Waals surface area contributed by atoms with Crippen LogP contribution in [0.25, 0.3) is 0 Å². The molecule has 6 nitrogen and oxygen atoms in total. The monoisotopic (exact) mass is 374 g/mol. The van der Waals surface area contributed by atoms with Crippen molar-refractivity contribution in [2.45, 2.75) is 52.6 Å². The molecule has 1 aliphatic rings. The SMILES string of the molecule is CCC(C)C(NC(N)=O)C(=O)N1CCN(Cc2ccc(C(C)C)cc2)CC1. The van der Waals surface area contributed by atoms with Crippen LogP contribution >= 0.6 is 0 Å². The molecular formula is C21H34N4O2. The number of nitrogens with one attached hydrogen (secondary N) is 1. The molecule has 1 heterocycles. The molecule has 1 aromatic carbocycles. The molecule has 2 atom stereocenters. The number of urea groups is 1. The lowest BCUT2D eigenvalue weighted by atomic mass is 9.97. The van der Waals surface area contributed by atoms with Crippen molar-refractivity contribution in [3.63, 3.8) is 0 Å². The third-order valence-electron chi connectivity index (χ3n) is 5.51. The molecule has 3 N–H and O–H groups in total. The zero-order valence-electron chi connectivity index (χ0n) is 17.1. The summed E-state index contributed by atoms with van der Waals surface area (Å²) in [6.07, 6.45) is 0.809. The lowest BCUT2D eigenvalue weighted by molar-refractivity contribution is -0.136. The van der Waals surface area contributed by atoms with Crippen LogP contribution in [0.5, 0.6) is 0 Å². The Balaban J connectivity index is 1.89. The standard InChI is InChI=1S/C21H34N4O2/c1-5-16(4)19(23-21(22)27)20(26)25-12-10-24(11-13-25)14-17-6-8-18(9-7-17)15(2)3/h6-9,15-16,19H,5,10-14H2,1-4H3,(H3,22,23,27). The molecule has 6 heteroatoms. The van der Waals surface area contributed by atoms with E-state index in [1.54, 1.807) is 0 Å². The number of carbonyl (C=O) groups excluding carboxylic acids is 2. The van der Waals surface area contributed by atoms with Crippen LogP contribution in [0.15, 0.2) is 24.3 Å². The summed E-state index contributed by atoms with van der Waals surface area (Å²) in [6.45, 7) is 12.3. The average molecular weight is 375 g/mol. The maximum atomic E-state index is 12.8. The second-order valence-electron chi connectivity index (χ2n) is 7.87. The maximum Gasteiger partial charge on any atom is 0.312 e. The Morgan fingerprint density at radius 3 is 2.15 bits per heavy atom. The molecule has 0 spiro atoms. The Morgan fingerprint density at radius 1 is 1.07 bits per heavy atom. The molecule has 0 saturated carbocycles.